The van der Waals surface area contributed by atoms with Crippen LogP contribution in [-0.4, -0.2) is 3.92 Å². The van der Waals surface area contributed by atoms with Crippen molar-refractivity contribution < 1.29 is 0 Å². The second-order valence-electron chi connectivity index (χ2n) is 5.26. The van der Waals surface area contributed by atoms with E-state index in [2.05, 4.69) is 50.3 Å². The van der Waals surface area contributed by atoms with Crippen molar-refractivity contribution in [2.24, 2.45) is 11.8 Å². The van der Waals surface area contributed by atoms with Gasteiger partial charge < -0.3 is 0 Å². The Morgan fingerprint density at radius 2 is 1.27 bits per heavy atom. The first-order valence-electron chi connectivity index (χ1n) is 6.70. The van der Waals surface area contributed by atoms with Gasteiger partial charge in [0.25, 0.3) is 0 Å². The molecule has 0 spiro atoms. The van der Waals surface area contributed by atoms with Gasteiger partial charge in [0.2, 0.25) is 0 Å². The van der Waals surface area contributed by atoms with Gasteiger partial charge >= 0.3 is 0 Å². The highest BCUT2D eigenvalue weighted by Gasteiger charge is 2.05. The maximum atomic E-state index is 2.53. The highest BCUT2D eigenvalue weighted by Crippen LogP contribution is 2.20. The summed E-state index contributed by atoms with van der Waals surface area (Å²) in [4.78, 5) is 0. The lowest BCUT2D eigenvalue weighted by Gasteiger charge is -2.13. The first-order chi connectivity index (χ1) is 7.06. The fourth-order valence-electron chi connectivity index (χ4n) is 1.91. The van der Waals surface area contributed by atoms with Gasteiger partial charge in [-0.15, -0.1) is 0 Å². The molecule has 0 saturated heterocycles. The number of alkyl halides is 1. The van der Waals surface area contributed by atoms with E-state index < -0.39 is 0 Å². The van der Waals surface area contributed by atoms with Crippen LogP contribution >= 0.6 is 22.6 Å². The molecule has 0 saturated carbocycles. The molecule has 3 atom stereocenters. The summed E-state index contributed by atoms with van der Waals surface area (Å²) in [6.45, 7) is 9.42. The van der Waals surface area contributed by atoms with Crippen molar-refractivity contribution in [2.45, 2.75) is 76.6 Å². The molecule has 0 aromatic carbocycles. The smallest absolute Gasteiger partial charge is 0.00813 e. The first kappa shape index (κ1) is 15.7. The molecule has 0 aliphatic heterocycles. The molecular formula is C14H29I. The SMILES string of the molecule is CC[C@@H](C)CCC[C@H](C)CCCC(C)I. The molecule has 0 radical (unpaired) electrons. The summed E-state index contributed by atoms with van der Waals surface area (Å²) in [5.41, 5.74) is 0. The van der Waals surface area contributed by atoms with Gasteiger partial charge in [0.05, 0.1) is 0 Å². The zero-order valence-corrected chi connectivity index (χ0v) is 13.2. The predicted octanol–water partition coefficient (Wildman–Crippen LogP) is 5.83. The lowest BCUT2D eigenvalue weighted by molar-refractivity contribution is 0.409. The van der Waals surface area contributed by atoms with Gasteiger partial charge in [-0.25, -0.2) is 0 Å². The van der Waals surface area contributed by atoms with Gasteiger partial charge in [0, 0.05) is 3.92 Å². The number of hydrogen-bond acceptors (Lipinski definition) is 0. The largest absolute Gasteiger partial charge is 0.0829 e. The van der Waals surface area contributed by atoms with Crippen molar-refractivity contribution in [2.75, 3.05) is 0 Å². The molecule has 0 aliphatic carbocycles. The fourth-order valence-corrected chi connectivity index (χ4v) is 2.35. The second-order valence-corrected chi connectivity index (χ2v) is 7.39. The van der Waals surface area contributed by atoms with E-state index in [0.29, 0.717) is 0 Å². The molecule has 0 nitrogen and oxygen atoms in total. The van der Waals surface area contributed by atoms with E-state index >= 15 is 0 Å². The molecular weight excluding hydrogens is 295 g/mol. The van der Waals surface area contributed by atoms with Crippen LogP contribution in [0, 0.1) is 11.8 Å². The molecule has 0 amide bonds. The van der Waals surface area contributed by atoms with Crippen LogP contribution in [0.25, 0.3) is 0 Å². The average Bonchev–Trinajstić information content (AvgIpc) is 2.17. The molecule has 0 aliphatic rings. The number of halogens is 1. The number of hydrogen-bond donors (Lipinski definition) is 0. The summed E-state index contributed by atoms with van der Waals surface area (Å²) >= 11 is 2.53. The van der Waals surface area contributed by atoms with E-state index in [1.165, 1.54) is 44.9 Å². The molecule has 15 heavy (non-hydrogen) atoms. The van der Waals surface area contributed by atoms with Crippen LogP contribution in [0.5, 0.6) is 0 Å². The maximum Gasteiger partial charge on any atom is 0.00813 e. The minimum atomic E-state index is 0.856. The van der Waals surface area contributed by atoms with Crippen LogP contribution < -0.4 is 0 Å². The van der Waals surface area contributed by atoms with Gasteiger partial charge in [-0.05, 0) is 18.3 Å². The normalized spacial score (nSPS) is 17.4. The molecule has 0 heterocycles. The van der Waals surface area contributed by atoms with E-state index in [-0.39, 0.29) is 0 Å². The minimum absolute atomic E-state index is 0.856. The Morgan fingerprint density at radius 3 is 1.73 bits per heavy atom. The third-order valence-corrected chi connectivity index (χ3v) is 4.01. The molecule has 0 aromatic rings. The summed E-state index contributed by atoms with van der Waals surface area (Å²) in [7, 11) is 0. The van der Waals surface area contributed by atoms with Gasteiger partial charge in [-0.2, -0.15) is 0 Å². The summed E-state index contributed by atoms with van der Waals surface area (Å²) in [6, 6.07) is 0. The zero-order chi connectivity index (χ0) is 11.7. The summed E-state index contributed by atoms with van der Waals surface area (Å²) in [5, 5.41) is 0. The summed E-state index contributed by atoms with van der Waals surface area (Å²) in [5.74, 6) is 1.88. The lowest BCUT2D eigenvalue weighted by Crippen LogP contribution is -1.99. The molecule has 0 aromatic heterocycles. The molecule has 92 valence electrons. The van der Waals surface area contributed by atoms with Crippen LogP contribution in [0.1, 0.15) is 72.6 Å². The van der Waals surface area contributed by atoms with Gasteiger partial charge in [0.15, 0.2) is 0 Å². The van der Waals surface area contributed by atoms with Crippen molar-refractivity contribution in [3.8, 4) is 0 Å². The Kier molecular flexibility index (Phi) is 10.4. The van der Waals surface area contributed by atoms with Crippen LogP contribution in [-0.2, 0) is 0 Å². The van der Waals surface area contributed by atoms with Crippen molar-refractivity contribution in [3.63, 3.8) is 0 Å². The van der Waals surface area contributed by atoms with Crippen LogP contribution in [0.15, 0.2) is 0 Å². The monoisotopic (exact) mass is 324 g/mol. The summed E-state index contributed by atoms with van der Waals surface area (Å²) in [6.07, 6.45) is 9.93. The van der Waals surface area contributed by atoms with Crippen LogP contribution in [0.3, 0.4) is 0 Å². The standard InChI is InChI=1S/C14H29I/c1-5-12(2)8-6-9-13(3)10-7-11-14(4)15/h12-14H,5-11H2,1-4H3/t12-,13+,14?/m1/s1. The topological polar surface area (TPSA) is 0 Å². The van der Waals surface area contributed by atoms with Gasteiger partial charge in [-0.3, -0.25) is 0 Å². The molecule has 0 fully saturated rings. The van der Waals surface area contributed by atoms with E-state index in [9.17, 15) is 0 Å². The quantitative estimate of drug-likeness (QED) is 0.369. The Balaban J connectivity index is 3.29. The molecule has 0 rings (SSSR count). The van der Waals surface area contributed by atoms with Crippen molar-refractivity contribution in [1.82, 2.24) is 0 Å². The second kappa shape index (κ2) is 9.92. The number of rotatable bonds is 9. The van der Waals surface area contributed by atoms with Crippen molar-refractivity contribution in [3.05, 3.63) is 0 Å². The molecule has 1 unspecified atom stereocenters. The maximum absolute atomic E-state index is 2.53. The van der Waals surface area contributed by atoms with Gasteiger partial charge in [0.1, 0.15) is 0 Å². The average molecular weight is 324 g/mol. The highest BCUT2D eigenvalue weighted by molar-refractivity contribution is 14.1. The van der Waals surface area contributed by atoms with E-state index in [4.69, 9.17) is 0 Å². The molecule has 0 N–H and O–H groups in total. The Hall–Kier alpha value is 0.730. The Morgan fingerprint density at radius 1 is 0.800 bits per heavy atom. The van der Waals surface area contributed by atoms with Crippen LogP contribution in [0.2, 0.25) is 0 Å². The molecule has 1 heteroatoms. The van der Waals surface area contributed by atoms with E-state index in [1.807, 2.05) is 0 Å². The lowest BCUT2D eigenvalue weighted by atomic mass is 9.94. The summed E-state index contributed by atoms with van der Waals surface area (Å²) < 4.78 is 0.856. The Bertz CT molecular complexity index is 131. The minimum Gasteiger partial charge on any atom is -0.0829 e. The zero-order valence-electron chi connectivity index (χ0n) is 11.1. The van der Waals surface area contributed by atoms with Gasteiger partial charge in [-0.1, -0.05) is 88.8 Å². The van der Waals surface area contributed by atoms with E-state index in [1.54, 1.807) is 0 Å². The third kappa shape index (κ3) is 11.0. The third-order valence-electron chi connectivity index (χ3n) is 3.39. The predicted molar refractivity (Wildman–Crippen MR) is 79.8 cm³/mol. The van der Waals surface area contributed by atoms with Crippen LogP contribution in [0.4, 0.5) is 0 Å². The first-order valence-corrected chi connectivity index (χ1v) is 7.94. The fraction of sp³-hybridized carbons (Fsp3) is 1.00. The Labute approximate surface area is 111 Å². The van der Waals surface area contributed by atoms with Crippen molar-refractivity contribution >= 4 is 22.6 Å². The highest BCUT2D eigenvalue weighted by atomic mass is 127. The van der Waals surface area contributed by atoms with E-state index in [0.717, 1.165) is 15.8 Å². The van der Waals surface area contributed by atoms with Crippen molar-refractivity contribution in [1.29, 1.82) is 0 Å². The molecule has 0 bridgehead atoms.